The summed E-state index contributed by atoms with van der Waals surface area (Å²) in [4.78, 5) is 38.4. The Morgan fingerprint density at radius 1 is 1.39 bits per heavy atom. The molecule has 0 radical (unpaired) electrons. The van der Waals surface area contributed by atoms with Gasteiger partial charge in [0.25, 0.3) is 5.91 Å². The number of H-pyrrole nitrogens is 1. The smallest absolute Gasteiger partial charge is 0.325 e. The van der Waals surface area contributed by atoms with Gasteiger partial charge >= 0.3 is 5.97 Å². The molecule has 0 aliphatic carbocycles. The van der Waals surface area contributed by atoms with Crippen molar-refractivity contribution in [3.63, 3.8) is 0 Å². The first kappa shape index (κ1) is 19.0. The van der Waals surface area contributed by atoms with Crippen molar-refractivity contribution in [1.29, 1.82) is 0 Å². The number of amides is 2. The Hall–Kier alpha value is -2.09. The zero-order chi connectivity index (χ0) is 17.1. The molecule has 0 spiro atoms. The average Bonchev–Trinajstić information content (AvgIpc) is 2.57. The molecule has 1 atom stereocenters. The van der Waals surface area contributed by atoms with Crippen LogP contribution in [0.2, 0.25) is 0 Å². The monoisotopic (exact) mass is 340 g/mol. The van der Waals surface area contributed by atoms with Gasteiger partial charge in [-0.15, -0.1) is 0 Å². The van der Waals surface area contributed by atoms with Gasteiger partial charge in [-0.3, -0.25) is 14.4 Å². The molecule has 1 aromatic rings. The lowest BCUT2D eigenvalue weighted by Crippen LogP contribution is -2.48. The average molecular weight is 340 g/mol. The lowest BCUT2D eigenvalue weighted by molar-refractivity contribution is -0.378. The highest BCUT2D eigenvalue weighted by atomic mass is 32.2. The van der Waals surface area contributed by atoms with Crippen LogP contribution >= 0.6 is 11.8 Å². The molecule has 0 saturated carbocycles. The SMILES string of the molecule is CCOC(=O)CNC(=O)C(CCSC)NC(=O)c1ccc[nH+]c1. The van der Waals surface area contributed by atoms with E-state index in [1.807, 2.05) is 6.26 Å². The Morgan fingerprint density at radius 2 is 2.17 bits per heavy atom. The highest BCUT2D eigenvalue weighted by molar-refractivity contribution is 7.98. The summed E-state index contributed by atoms with van der Waals surface area (Å²) in [5.74, 6) is -0.549. The second-order valence-corrected chi connectivity index (χ2v) is 5.61. The van der Waals surface area contributed by atoms with Crippen molar-refractivity contribution < 1.29 is 24.1 Å². The predicted molar refractivity (Wildman–Crippen MR) is 86.9 cm³/mol. The minimum Gasteiger partial charge on any atom is -0.465 e. The van der Waals surface area contributed by atoms with Gasteiger partial charge < -0.3 is 15.4 Å². The number of thioether (sulfide) groups is 1. The Morgan fingerprint density at radius 3 is 2.78 bits per heavy atom. The van der Waals surface area contributed by atoms with E-state index in [1.54, 1.807) is 43.2 Å². The molecule has 0 aliphatic heterocycles. The summed E-state index contributed by atoms with van der Waals surface area (Å²) >= 11 is 1.57. The molecule has 1 unspecified atom stereocenters. The van der Waals surface area contributed by atoms with Crippen molar-refractivity contribution in [2.45, 2.75) is 19.4 Å². The van der Waals surface area contributed by atoms with Crippen molar-refractivity contribution in [3.05, 3.63) is 30.1 Å². The van der Waals surface area contributed by atoms with Gasteiger partial charge in [0, 0.05) is 6.07 Å². The fourth-order valence-corrected chi connectivity index (χ4v) is 2.25. The Kier molecular flexibility index (Phi) is 8.74. The topological polar surface area (TPSA) is 98.6 Å². The summed E-state index contributed by atoms with van der Waals surface area (Å²) < 4.78 is 4.75. The lowest BCUT2D eigenvalue weighted by Gasteiger charge is -2.17. The molecule has 23 heavy (non-hydrogen) atoms. The predicted octanol–water partition coefficient (Wildman–Crippen LogP) is 0.0315. The number of nitrogens with one attached hydrogen (secondary N) is 3. The van der Waals surface area contributed by atoms with Crippen molar-refractivity contribution >= 4 is 29.5 Å². The fraction of sp³-hybridized carbons (Fsp3) is 0.467. The first-order valence-electron chi connectivity index (χ1n) is 7.27. The first-order valence-corrected chi connectivity index (χ1v) is 8.67. The summed E-state index contributed by atoms with van der Waals surface area (Å²) in [5.41, 5.74) is 0.430. The van der Waals surface area contributed by atoms with E-state index in [2.05, 4.69) is 15.6 Å². The number of carbonyl (C=O) groups excluding carboxylic acids is 3. The number of carbonyl (C=O) groups is 3. The number of rotatable bonds is 9. The van der Waals surface area contributed by atoms with E-state index in [9.17, 15) is 14.4 Å². The van der Waals surface area contributed by atoms with Gasteiger partial charge in [0.1, 0.15) is 18.2 Å². The van der Waals surface area contributed by atoms with Crippen LogP contribution in [-0.2, 0) is 14.3 Å². The second-order valence-electron chi connectivity index (χ2n) is 4.62. The largest absolute Gasteiger partial charge is 0.465 e. The van der Waals surface area contributed by atoms with Gasteiger partial charge in [0.05, 0.1) is 6.61 Å². The van der Waals surface area contributed by atoms with E-state index in [0.717, 1.165) is 0 Å². The molecule has 1 aromatic heterocycles. The summed E-state index contributed by atoms with van der Waals surface area (Å²) in [6.07, 6.45) is 5.63. The number of hydrogen-bond acceptors (Lipinski definition) is 5. The molecule has 8 heteroatoms. The number of esters is 1. The normalized spacial score (nSPS) is 11.4. The van der Waals surface area contributed by atoms with Gasteiger partial charge in [0.15, 0.2) is 12.4 Å². The highest BCUT2D eigenvalue weighted by Gasteiger charge is 2.22. The molecule has 0 saturated heterocycles. The van der Waals surface area contributed by atoms with E-state index in [0.29, 0.717) is 17.7 Å². The minimum atomic E-state index is -0.704. The highest BCUT2D eigenvalue weighted by Crippen LogP contribution is 2.03. The lowest BCUT2D eigenvalue weighted by atomic mass is 10.2. The first-order chi connectivity index (χ1) is 11.1. The molecule has 0 aliphatic rings. The molecule has 2 amide bonds. The second kappa shape index (κ2) is 10.6. The molecule has 3 N–H and O–H groups in total. The van der Waals surface area contributed by atoms with Gasteiger partial charge in [-0.1, -0.05) is 0 Å². The molecule has 0 fully saturated rings. The molecule has 1 heterocycles. The summed E-state index contributed by atoms with van der Waals surface area (Å²) in [7, 11) is 0. The number of aromatic nitrogens is 1. The zero-order valence-electron chi connectivity index (χ0n) is 13.3. The summed E-state index contributed by atoms with van der Waals surface area (Å²) in [6.45, 7) is 1.74. The Balaban J connectivity index is 2.62. The van der Waals surface area contributed by atoms with Crippen LogP contribution in [0.4, 0.5) is 0 Å². The van der Waals surface area contributed by atoms with Crippen LogP contribution < -0.4 is 15.6 Å². The number of hydrogen-bond donors (Lipinski definition) is 2. The van der Waals surface area contributed by atoms with Gasteiger partial charge in [-0.05, 0) is 31.4 Å². The van der Waals surface area contributed by atoms with E-state index in [4.69, 9.17) is 4.74 Å². The van der Waals surface area contributed by atoms with Crippen molar-refractivity contribution in [2.24, 2.45) is 0 Å². The molecule has 126 valence electrons. The van der Waals surface area contributed by atoms with Crippen molar-refractivity contribution in [2.75, 3.05) is 25.2 Å². The Bertz CT molecular complexity index is 525. The van der Waals surface area contributed by atoms with Crippen LogP contribution in [0.3, 0.4) is 0 Å². The maximum absolute atomic E-state index is 12.2. The molecule has 1 rings (SSSR count). The third kappa shape index (κ3) is 7.14. The number of aromatic amines is 1. The standard InChI is InChI=1S/C15H21N3O4S/c1-3-22-13(19)10-17-15(21)12(6-8-23-2)18-14(20)11-5-4-7-16-9-11/h4-5,7,9,12H,3,6,8,10H2,1-2H3,(H,17,21)(H,18,20)/p+1. The minimum absolute atomic E-state index is 0.211. The van der Waals surface area contributed by atoms with E-state index in [-0.39, 0.29) is 19.1 Å². The van der Waals surface area contributed by atoms with Gasteiger partial charge in [0.2, 0.25) is 5.91 Å². The summed E-state index contributed by atoms with van der Waals surface area (Å²) in [6, 6.07) is 2.64. The van der Waals surface area contributed by atoms with E-state index < -0.39 is 17.9 Å². The number of ether oxygens (including phenoxy) is 1. The van der Waals surface area contributed by atoms with Crippen LogP contribution in [0.1, 0.15) is 23.7 Å². The molecule has 7 nitrogen and oxygen atoms in total. The van der Waals surface area contributed by atoms with Crippen LogP contribution in [0, 0.1) is 0 Å². The van der Waals surface area contributed by atoms with Gasteiger partial charge in [-0.2, -0.15) is 11.8 Å². The maximum Gasteiger partial charge on any atom is 0.325 e. The van der Waals surface area contributed by atoms with Crippen LogP contribution in [0.15, 0.2) is 24.5 Å². The van der Waals surface area contributed by atoms with E-state index in [1.165, 1.54) is 0 Å². The fourth-order valence-electron chi connectivity index (χ4n) is 1.78. The Labute approximate surface area is 139 Å². The number of pyridine rings is 1. The van der Waals surface area contributed by atoms with Crippen LogP contribution in [0.5, 0.6) is 0 Å². The maximum atomic E-state index is 12.2. The van der Waals surface area contributed by atoms with E-state index >= 15 is 0 Å². The third-order valence-corrected chi connectivity index (χ3v) is 3.56. The molecule has 0 bridgehead atoms. The van der Waals surface area contributed by atoms with Crippen molar-refractivity contribution in [1.82, 2.24) is 10.6 Å². The van der Waals surface area contributed by atoms with Crippen LogP contribution in [-0.4, -0.2) is 49.0 Å². The summed E-state index contributed by atoms with van der Waals surface area (Å²) in [5, 5.41) is 5.17. The van der Waals surface area contributed by atoms with Crippen LogP contribution in [0.25, 0.3) is 0 Å². The quantitative estimate of drug-likeness (QED) is 0.618. The third-order valence-electron chi connectivity index (χ3n) is 2.91. The van der Waals surface area contributed by atoms with Gasteiger partial charge in [-0.25, -0.2) is 4.98 Å². The van der Waals surface area contributed by atoms with Crippen molar-refractivity contribution in [3.8, 4) is 0 Å². The zero-order valence-corrected chi connectivity index (χ0v) is 14.1. The molecular weight excluding hydrogens is 318 g/mol. The molecule has 0 aromatic carbocycles. The molecular formula is C15H22N3O4S+.